The van der Waals surface area contributed by atoms with Crippen LogP contribution in [0.1, 0.15) is 37.2 Å². The van der Waals surface area contributed by atoms with Gasteiger partial charge >= 0.3 is 0 Å². The molecule has 1 aliphatic rings. The molecule has 0 atom stereocenters. The Morgan fingerprint density at radius 1 is 1.44 bits per heavy atom. The normalized spacial score (nSPS) is 16.6. The summed E-state index contributed by atoms with van der Waals surface area (Å²) in [6, 6.07) is 0. The highest BCUT2D eigenvalue weighted by Crippen LogP contribution is 2.27. The Hall–Kier alpha value is -0.870. The van der Waals surface area contributed by atoms with E-state index in [-0.39, 0.29) is 0 Å². The van der Waals surface area contributed by atoms with Gasteiger partial charge in [-0.25, -0.2) is 4.98 Å². The van der Waals surface area contributed by atoms with Crippen molar-refractivity contribution in [2.45, 2.75) is 45.7 Å². The third-order valence-electron chi connectivity index (χ3n) is 3.84. The van der Waals surface area contributed by atoms with Gasteiger partial charge in [0.2, 0.25) is 0 Å². The molecule has 1 aromatic rings. The van der Waals surface area contributed by atoms with Crippen LogP contribution in [-0.4, -0.2) is 29.8 Å². The minimum atomic E-state index is 0.760. The zero-order valence-corrected chi connectivity index (χ0v) is 11.6. The van der Waals surface area contributed by atoms with Crippen molar-refractivity contribution >= 4 is 0 Å². The van der Waals surface area contributed by atoms with Crippen molar-refractivity contribution in [1.29, 1.82) is 0 Å². The van der Waals surface area contributed by atoms with Gasteiger partial charge in [-0.3, -0.25) is 0 Å². The quantitative estimate of drug-likeness (QED) is 0.754. The number of aromatic nitrogens is 2. The van der Waals surface area contributed by atoms with Crippen molar-refractivity contribution in [3.63, 3.8) is 0 Å². The molecule has 18 heavy (non-hydrogen) atoms. The molecule has 0 aromatic carbocycles. The second-order valence-corrected chi connectivity index (χ2v) is 5.23. The van der Waals surface area contributed by atoms with E-state index >= 15 is 0 Å². The molecule has 1 N–H and O–H groups in total. The molecule has 0 unspecified atom stereocenters. The molecule has 1 aromatic heterocycles. The molecule has 4 nitrogen and oxygen atoms in total. The van der Waals surface area contributed by atoms with Crippen LogP contribution in [0.3, 0.4) is 0 Å². The van der Waals surface area contributed by atoms with Crippen LogP contribution in [0, 0.1) is 12.8 Å². The Morgan fingerprint density at radius 3 is 2.94 bits per heavy atom. The third-order valence-corrected chi connectivity index (χ3v) is 3.84. The standard InChI is InChI=1S/C14H25N3O/c1-12-16-10-14(9-15-7-8-18-2)17(12)11-13-5-3-4-6-13/h10,13,15H,3-9,11H2,1-2H3. The van der Waals surface area contributed by atoms with E-state index in [1.807, 2.05) is 6.20 Å². The first-order chi connectivity index (χ1) is 8.81. The van der Waals surface area contributed by atoms with Crippen LogP contribution in [0.5, 0.6) is 0 Å². The van der Waals surface area contributed by atoms with Crippen molar-refractivity contribution in [3.05, 3.63) is 17.7 Å². The van der Waals surface area contributed by atoms with Gasteiger partial charge in [0, 0.05) is 32.9 Å². The Kier molecular flexibility index (Phi) is 5.20. The Labute approximate surface area is 110 Å². The van der Waals surface area contributed by atoms with E-state index in [0.29, 0.717) is 0 Å². The minimum absolute atomic E-state index is 0.760. The molecule has 0 radical (unpaired) electrons. The maximum absolute atomic E-state index is 5.04. The SMILES string of the molecule is COCCNCc1cnc(C)n1CC1CCCC1. The summed E-state index contributed by atoms with van der Waals surface area (Å²) in [7, 11) is 1.73. The molecule has 1 fully saturated rings. The summed E-state index contributed by atoms with van der Waals surface area (Å²) >= 11 is 0. The number of hydrogen-bond acceptors (Lipinski definition) is 3. The zero-order chi connectivity index (χ0) is 12.8. The maximum Gasteiger partial charge on any atom is 0.105 e. The van der Waals surface area contributed by atoms with Crippen LogP contribution in [-0.2, 0) is 17.8 Å². The zero-order valence-electron chi connectivity index (χ0n) is 11.6. The number of imidazole rings is 1. The van der Waals surface area contributed by atoms with E-state index in [1.54, 1.807) is 7.11 Å². The lowest BCUT2D eigenvalue weighted by Gasteiger charge is -2.15. The van der Waals surface area contributed by atoms with Crippen molar-refractivity contribution in [3.8, 4) is 0 Å². The molecule has 0 bridgehead atoms. The molecule has 0 spiro atoms. The summed E-state index contributed by atoms with van der Waals surface area (Å²) in [5.41, 5.74) is 1.30. The Balaban J connectivity index is 1.89. The molecule has 4 heteroatoms. The smallest absolute Gasteiger partial charge is 0.105 e. The highest BCUT2D eigenvalue weighted by atomic mass is 16.5. The molecule has 1 aliphatic carbocycles. The van der Waals surface area contributed by atoms with Gasteiger partial charge in [0.1, 0.15) is 5.82 Å². The maximum atomic E-state index is 5.04. The van der Waals surface area contributed by atoms with Gasteiger partial charge in [-0.1, -0.05) is 12.8 Å². The van der Waals surface area contributed by atoms with Gasteiger partial charge in [0.05, 0.1) is 12.3 Å². The monoisotopic (exact) mass is 251 g/mol. The van der Waals surface area contributed by atoms with Crippen molar-refractivity contribution in [1.82, 2.24) is 14.9 Å². The van der Waals surface area contributed by atoms with Crippen LogP contribution >= 0.6 is 0 Å². The molecule has 1 saturated carbocycles. The molecule has 102 valence electrons. The Bertz CT molecular complexity index is 356. The average Bonchev–Trinajstić information content (AvgIpc) is 2.99. The molecule has 1 heterocycles. The minimum Gasteiger partial charge on any atom is -0.383 e. The van der Waals surface area contributed by atoms with Gasteiger partial charge in [0.15, 0.2) is 0 Å². The highest BCUT2D eigenvalue weighted by Gasteiger charge is 2.17. The third kappa shape index (κ3) is 3.56. The van der Waals surface area contributed by atoms with Gasteiger partial charge in [0.25, 0.3) is 0 Å². The predicted molar refractivity (Wildman–Crippen MR) is 72.5 cm³/mol. The van der Waals surface area contributed by atoms with Gasteiger partial charge < -0.3 is 14.6 Å². The van der Waals surface area contributed by atoms with Crippen molar-refractivity contribution in [2.24, 2.45) is 5.92 Å². The number of nitrogens with zero attached hydrogens (tertiary/aromatic N) is 2. The summed E-state index contributed by atoms with van der Waals surface area (Å²) in [6.45, 7) is 5.79. The lowest BCUT2D eigenvalue weighted by Crippen LogP contribution is -2.21. The molecular formula is C14H25N3O. The average molecular weight is 251 g/mol. The van der Waals surface area contributed by atoms with Crippen molar-refractivity contribution < 1.29 is 4.74 Å². The van der Waals surface area contributed by atoms with Crippen LogP contribution < -0.4 is 5.32 Å². The van der Waals surface area contributed by atoms with E-state index in [1.165, 1.54) is 31.4 Å². The summed E-state index contributed by atoms with van der Waals surface area (Å²) in [5.74, 6) is 2.00. The first-order valence-electron chi connectivity index (χ1n) is 7.02. The molecule has 0 saturated heterocycles. The van der Waals surface area contributed by atoms with Gasteiger partial charge in [-0.2, -0.15) is 0 Å². The van der Waals surface area contributed by atoms with E-state index in [9.17, 15) is 0 Å². The Morgan fingerprint density at radius 2 is 2.22 bits per heavy atom. The van der Waals surface area contributed by atoms with E-state index in [0.717, 1.165) is 38.0 Å². The fourth-order valence-electron chi connectivity index (χ4n) is 2.75. The largest absolute Gasteiger partial charge is 0.383 e. The summed E-state index contributed by atoms with van der Waals surface area (Å²) < 4.78 is 7.42. The van der Waals surface area contributed by atoms with Gasteiger partial charge in [-0.15, -0.1) is 0 Å². The number of ether oxygens (including phenoxy) is 1. The highest BCUT2D eigenvalue weighted by molar-refractivity contribution is 5.04. The topological polar surface area (TPSA) is 39.1 Å². The van der Waals surface area contributed by atoms with Crippen LogP contribution in [0.15, 0.2) is 6.20 Å². The number of nitrogens with one attached hydrogen (secondary N) is 1. The predicted octanol–water partition coefficient (Wildman–Crippen LogP) is 2.12. The lowest BCUT2D eigenvalue weighted by atomic mass is 10.1. The molecule has 0 amide bonds. The first kappa shape index (κ1) is 13.6. The molecule has 2 rings (SSSR count). The summed E-state index contributed by atoms with van der Waals surface area (Å²) in [6.07, 6.45) is 7.58. The van der Waals surface area contributed by atoms with Crippen LogP contribution in [0.2, 0.25) is 0 Å². The van der Waals surface area contributed by atoms with E-state index < -0.39 is 0 Å². The number of hydrogen-bond donors (Lipinski definition) is 1. The second kappa shape index (κ2) is 6.90. The summed E-state index contributed by atoms with van der Waals surface area (Å²) in [5, 5.41) is 3.40. The fraction of sp³-hybridized carbons (Fsp3) is 0.786. The number of methoxy groups -OCH3 is 1. The summed E-state index contributed by atoms with van der Waals surface area (Å²) in [4.78, 5) is 4.45. The first-order valence-corrected chi connectivity index (χ1v) is 7.02. The molecular weight excluding hydrogens is 226 g/mol. The van der Waals surface area contributed by atoms with Crippen LogP contribution in [0.4, 0.5) is 0 Å². The fourth-order valence-corrected chi connectivity index (χ4v) is 2.75. The van der Waals surface area contributed by atoms with E-state index in [2.05, 4.69) is 21.8 Å². The van der Waals surface area contributed by atoms with Gasteiger partial charge in [-0.05, 0) is 25.7 Å². The van der Waals surface area contributed by atoms with Crippen molar-refractivity contribution in [2.75, 3.05) is 20.3 Å². The lowest BCUT2D eigenvalue weighted by molar-refractivity contribution is 0.199. The number of rotatable bonds is 7. The number of aryl methyl sites for hydroxylation is 1. The van der Waals surface area contributed by atoms with Crippen LogP contribution in [0.25, 0.3) is 0 Å². The van der Waals surface area contributed by atoms with E-state index in [4.69, 9.17) is 4.74 Å². The molecule has 0 aliphatic heterocycles. The second-order valence-electron chi connectivity index (χ2n) is 5.23.